The number of thiophene rings is 1. The molecule has 1 aromatic heterocycles. The van der Waals surface area contributed by atoms with Gasteiger partial charge in [-0.15, -0.1) is 0 Å². The first-order valence-electron chi connectivity index (χ1n) is 6.93. The van der Waals surface area contributed by atoms with Crippen LogP contribution in [-0.2, 0) is 6.54 Å². The van der Waals surface area contributed by atoms with E-state index in [1.165, 1.54) is 36.8 Å². The summed E-state index contributed by atoms with van der Waals surface area (Å²) in [5.74, 6) is 1.69. The quantitative estimate of drug-likeness (QED) is 0.838. The Morgan fingerprint density at radius 3 is 2.71 bits per heavy atom. The topological polar surface area (TPSA) is 12.0 Å². The Morgan fingerprint density at radius 1 is 1.29 bits per heavy atom. The van der Waals surface area contributed by atoms with Gasteiger partial charge in [0.05, 0.1) is 0 Å². The molecule has 2 atom stereocenters. The van der Waals surface area contributed by atoms with Crippen molar-refractivity contribution in [1.82, 2.24) is 5.32 Å². The van der Waals surface area contributed by atoms with Crippen LogP contribution in [0.1, 0.15) is 50.7 Å². The Hall–Kier alpha value is -0.340. The second kappa shape index (κ2) is 6.01. The second-order valence-electron chi connectivity index (χ2n) is 5.76. The standard InChI is InChI=1S/C15H25NS/c1-11(2)14-6-4-5-7-15(14)16-8-13-10-17-9-12(13)3/h9-11,14-16H,4-8H2,1-3H3. The molecule has 17 heavy (non-hydrogen) atoms. The summed E-state index contributed by atoms with van der Waals surface area (Å²) in [5, 5.41) is 8.34. The van der Waals surface area contributed by atoms with Gasteiger partial charge in [-0.25, -0.2) is 0 Å². The van der Waals surface area contributed by atoms with Gasteiger partial charge in [-0.1, -0.05) is 26.7 Å². The molecule has 96 valence electrons. The molecule has 0 radical (unpaired) electrons. The lowest BCUT2D eigenvalue weighted by Gasteiger charge is -2.35. The molecule has 1 aliphatic rings. The first kappa shape index (κ1) is 13.1. The molecule has 2 heteroatoms. The van der Waals surface area contributed by atoms with Crippen LogP contribution in [0.3, 0.4) is 0 Å². The fraction of sp³-hybridized carbons (Fsp3) is 0.733. The van der Waals surface area contributed by atoms with Crippen molar-refractivity contribution in [2.24, 2.45) is 11.8 Å². The zero-order valence-electron chi connectivity index (χ0n) is 11.3. The van der Waals surface area contributed by atoms with E-state index in [2.05, 4.69) is 36.8 Å². The Labute approximate surface area is 110 Å². The molecule has 0 amide bonds. The predicted molar refractivity (Wildman–Crippen MR) is 76.5 cm³/mol. The summed E-state index contributed by atoms with van der Waals surface area (Å²) >= 11 is 1.82. The van der Waals surface area contributed by atoms with Gasteiger partial charge in [0, 0.05) is 12.6 Å². The maximum atomic E-state index is 3.80. The highest BCUT2D eigenvalue weighted by Gasteiger charge is 2.26. The lowest BCUT2D eigenvalue weighted by molar-refractivity contribution is 0.204. The molecule has 1 N–H and O–H groups in total. The molecule has 0 spiro atoms. The summed E-state index contributed by atoms with van der Waals surface area (Å²) in [5.41, 5.74) is 2.93. The van der Waals surface area contributed by atoms with E-state index >= 15 is 0 Å². The van der Waals surface area contributed by atoms with E-state index in [1.54, 1.807) is 0 Å². The molecule has 0 aliphatic heterocycles. The van der Waals surface area contributed by atoms with Gasteiger partial charge >= 0.3 is 0 Å². The third kappa shape index (κ3) is 3.32. The Bertz CT molecular complexity index is 342. The van der Waals surface area contributed by atoms with Crippen LogP contribution in [-0.4, -0.2) is 6.04 Å². The summed E-state index contributed by atoms with van der Waals surface area (Å²) in [6, 6.07) is 0.739. The summed E-state index contributed by atoms with van der Waals surface area (Å²) in [4.78, 5) is 0. The highest BCUT2D eigenvalue weighted by atomic mass is 32.1. The zero-order chi connectivity index (χ0) is 12.3. The minimum absolute atomic E-state index is 0.739. The third-order valence-corrected chi connectivity index (χ3v) is 5.10. The van der Waals surface area contributed by atoms with E-state index in [1.807, 2.05) is 11.3 Å². The molecule has 1 nitrogen and oxygen atoms in total. The molecule has 1 fully saturated rings. The number of nitrogens with one attached hydrogen (secondary N) is 1. The highest BCUT2D eigenvalue weighted by molar-refractivity contribution is 7.08. The Kier molecular flexibility index (Phi) is 4.63. The van der Waals surface area contributed by atoms with Crippen LogP contribution in [0.25, 0.3) is 0 Å². The largest absolute Gasteiger partial charge is 0.310 e. The summed E-state index contributed by atoms with van der Waals surface area (Å²) < 4.78 is 0. The molecule has 1 heterocycles. The van der Waals surface area contributed by atoms with Crippen molar-refractivity contribution >= 4 is 11.3 Å². The van der Waals surface area contributed by atoms with Crippen molar-refractivity contribution in [3.8, 4) is 0 Å². The van der Waals surface area contributed by atoms with Gasteiger partial charge < -0.3 is 5.32 Å². The molecule has 1 saturated carbocycles. The van der Waals surface area contributed by atoms with Crippen molar-refractivity contribution in [3.63, 3.8) is 0 Å². The number of aryl methyl sites for hydroxylation is 1. The number of hydrogen-bond donors (Lipinski definition) is 1. The van der Waals surface area contributed by atoms with Crippen LogP contribution in [0.2, 0.25) is 0 Å². The van der Waals surface area contributed by atoms with E-state index in [9.17, 15) is 0 Å². The lowest BCUT2D eigenvalue weighted by atomic mass is 9.78. The second-order valence-corrected chi connectivity index (χ2v) is 6.50. The van der Waals surface area contributed by atoms with E-state index in [0.717, 1.165) is 24.4 Å². The average molecular weight is 251 g/mol. The smallest absolute Gasteiger partial charge is 0.0219 e. The number of hydrogen-bond acceptors (Lipinski definition) is 2. The SMILES string of the molecule is Cc1cscc1CNC1CCCCC1C(C)C. The van der Waals surface area contributed by atoms with E-state index < -0.39 is 0 Å². The van der Waals surface area contributed by atoms with Crippen LogP contribution in [0, 0.1) is 18.8 Å². The first-order valence-corrected chi connectivity index (χ1v) is 7.88. The maximum absolute atomic E-state index is 3.80. The van der Waals surface area contributed by atoms with Gasteiger partial charge in [0.2, 0.25) is 0 Å². The highest BCUT2D eigenvalue weighted by Crippen LogP contribution is 2.30. The van der Waals surface area contributed by atoms with E-state index in [0.29, 0.717) is 0 Å². The van der Waals surface area contributed by atoms with Crippen molar-refractivity contribution in [2.75, 3.05) is 0 Å². The minimum atomic E-state index is 0.739. The van der Waals surface area contributed by atoms with Crippen LogP contribution in [0.4, 0.5) is 0 Å². The fourth-order valence-electron chi connectivity index (χ4n) is 3.02. The van der Waals surface area contributed by atoms with Crippen LogP contribution < -0.4 is 5.32 Å². The molecule has 1 aromatic rings. The maximum Gasteiger partial charge on any atom is 0.0219 e. The van der Waals surface area contributed by atoms with E-state index in [-0.39, 0.29) is 0 Å². The number of rotatable bonds is 4. The zero-order valence-corrected chi connectivity index (χ0v) is 12.1. The van der Waals surface area contributed by atoms with Crippen molar-refractivity contribution in [2.45, 2.75) is 59.0 Å². The molecule has 2 unspecified atom stereocenters. The molecular formula is C15H25NS. The monoisotopic (exact) mass is 251 g/mol. The fourth-order valence-corrected chi connectivity index (χ4v) is 3.88. The minimum Gasteiger partial charge on any atom is -0.310 e. The van der Waals surface area contributed by atoms with Gasteiger partial charge in [0.1, 0.15) is 0 Å². The lowest BCUT2D eigenvalue weighted by Crippen LogP contribution is -2.40. The molecule has 0 bridgehead atoms. The predicted octanol–water partition coefficient (Wildman–Crippen LogP) is 4.36. The van der Waals surface area contributed by atoms with Gasteiger partial charge in [-0.05, 0) is 53.5 Å². The van der Waals surface area contributed by atoms with Gasteiger partial charge in [-0.2, -0.15) is 11.3 Å². The van der Waals surface area contributed by atoms with Crippen LogP contribution in [0.15, 0.2) is 10.8 Å². The van der Waals surface area contributed by atoms with Gasteiger partial charge in [0.15, 0.2) is 0 Å². The first-order chi connectivity index (χ1) is 8.18. The molecule has 2 rings (SSSR count). The van der Waals surface area contributed by atoms with Gasteiger partial charge in [0.25, 0.3) is 0 Å². The van der Waals surface area contributed by atoms with Crippen molar-refractivity contribution in [3.05, 3.63) is 21.9 Å². The molecule has 0 saturated heterocycles. The average Bonchev–Trinajstić information content (AvgIpc) is 2.72. The third-order valence-electron chi connectivity index (χ3n) is 4.19. The van der Waals surface area contributed by atoms with Crippen molar-refractivity contribution in [1.29, 1.82) is 0 Å². The van der Waals surface area contributed by atoms with Crippen LogP contribution in [0.5, 0.6) is 0 Å². The van der Waals surface area contributed by atoms with Crippen molar-refractivity contribution < 1.29 is 0 Å². The Balaban J connectivity index is 1.90. The molecule has 1 aliphatic carbocycles. The van der Waals surface area contributed by atoms with Gasteiger partial charge in [-0.3, -0.25) is 0 Å². The summed E-state index contributed by atoms with van der Waals surface area (Å²) in [7, 11) is 0. The summed E-state index contributed by atoms with van der Waals surface area (Å²) in [6.45, 7) is 8.03. The summed E-state index contributed by atoms with van der Waals surface area (Å²) in [6.07, 6.45) is 5.62. The van der Waals surface area contributed by atoms with E-state index in [4.69, 9.17) is 0 Å². The van der Waals surface area contributed by atoms with Crippen LogP contribution >= 0.6 is 11.3 Å². The molecule has 0 aromatic carbocycles. The molecular weight excluding hydrogens is 226 g/mol. The Morgan fingerprint density at radius 2 is 2.06 bits per heavy atom. The normalized spacial score (nSPS) is 25.4.